The van der Waals surface area contributed by atoms with Gasteiger partial charge < -0.3 is 14.8 Å². The van der Waals surface area contributed by atoms with Gasteiger partial charge in [-0.15, -0.1) is 13.2 Å². The number of alkyl halides is 3. The van der Waals surface area contributed by atoms with Crippen molar-refractivity contribution in [1.82, 2.24) is 4.98 Å². The molecule has 4 nitrogen and oxygen atoms in total. The standard InChI is InChI=1S/C18H13F3N2O2/c19-18(20,21)25-12-7-5-11(6-8-12)22-17-15-10-24-9-14(15)13-3-1-2-4-16(13)23-17/h1-8H,9-10H2,(H,22,23). The average Bonchev–Trinajstić information content (AvgIpc) is 3.06. The second-order valence-electron chi connectivity index (χ2n) is 5.62. The normalized spacial score (nSPS) is 13.7. The molecule has 7 heteroatoms. The molecule has 0 unspecified atom stereocenters. The molecule has 0 atom stereocenters. The third kappa shape index (κ3) is 3.23. The van der Waals surface area contributed by atoms with E-state index in [-0.39, 0.29) is 5.75 Å². The number of fused-ring (bicyclic) bond motifs is 3. The monoisotopic (exact) mass is 346 g/mol. The predicted molar refractivity (Wildman–Crippen MR) is 86.6 cm³/mol. The zero-order valence-corrected chi connectivity index (χ0v) is 12.9. The van der Waals surface area contributed by atoms with Crippen LogP contribution in [0.5, 0.6) is 5.75 Å². The van der Waals surface area contributed by atoms with Crippen LogP contribution in [0.3, 0.4) is 0 Å². The van der Waals surface area contributed by atoms with Gasteiger partial charge in [0.25, 0.3) is 0 Å². The number of pyridine rings is 1. The SMILES string of the molecule is FC(F)(F)Oc1ccc(Nc2nc3ccccc3c3c2COC3)cc1. The summed E-state index contributed by atoms with van der Waals surface area (Å²) in [6.07, 6.45) is -4.70. The van der Waals surface area contributed by atoms with E-state index >= 15 is 0 Å². The molecular weight excluding hydrogens is 333 g/mol. The molecule has 0 amide bonds. The van der Waals surface area contributed by atoms with Crippen LogP contribution in [0.25, 0.3) is 10.9 Å². The maximum Gasteiger partial charge on any atom is 0.573 e. The van der Waals surface area contributed by atoms with E-state index in [1.807, 2.05) is 24.3 Å². The molecule has 0 spiro atoms. The molecule has 4 rings (SSSR count). The van der Waals surface area contributed by atoms with Gasteiger partial charge in [-0.3, -0.25) is 0 Å². The zero-order valence-electron chi connectivity index (χ0n) is 12.9. The molecule has 0 saturated heterocycles. The second kappa shape index (κ2) is 5.93. The first-order valence-corrected chi connectivity index (χ1v) is 7.61. The van der Waals surface area contributed by atoms with Crippen LogP contribution < -0.4 is 10.1 Å². The Morgan fingerprint density at radius 2 is 1.68 bits per heavy atom. The molecule has 0 saturated carbocycles. The number of benzene rings is 2. The van der Waals surface area contributed by atoms with Gasteiger partial charge in [-0.1, -0.05) is 18.2 Å². The fourth-order valence-electron chi connectivity index (χ4n) is 2.88. The van der Waals surface area contributed by atoms with Crippen LogP contribution in [0.15, 0.2) is 48.5 Å². The Bertz CT molecular complexity index is 924. The van der Waals surface area contributed by atoms with Crippen molar-refractivity contribution in [2.75, 3.05) is 5.32 Å². The van der Waals surface area contributed by atoms with Crippen molar-refractivity contribution in [3.8, 4) is 5.75 Å². The lowest BCUT2D eigenvalue weighted by atomic mass is 10.0. The lowest BCUT2D eigenvalue weighted by Gasteiger charge is -2.13. The first-order valence-electron chi connectivity index (χ1n) is 7.61. The predicted octanol–water partition coefficient (Wildman–Crippen LogP) is 4.91. The van der Waals surface area contributed by atoms with E-state index < -0.39 is 6.36 Å². The third-order valence-corrected chi connectivity index (χ3v) is 3.95. The third-order valence-electron chi connectivity index (χ3n) is 3.95. The van der Waals surface area contributed by atoms with Gasteiger partial charge in [0.1, 0.15) is 11.6 Å². The summed E-state index contributed by atoms with van der Waals surface area (Å²) in [6.45, 7) is 0.968. The fraction of sp³-hybridized carbons (Fsp3) is 0.167. The molecule has 2 aromatic carbocycles. The van der Waals surface area contributed by atoms with E-state index in [1.165, 1.54) is 24.3 Å². The molecule has 3 aromatic rings. The van der Waals surface area contributed by atoms with Crippen LogP contribution in [0, 0.1) is 0 Å². The van der Waals surface area contributed by atoms with Gasteiger partial charge in [0.05, 0.1) is 18.7 Å². The minimum absolute atomic E-state index is 0.266. The van der Waals surface area contributed by atoms with E-state index in [0.717, 1.165) is 22.0 Å². The summed E-state index contributed by atoms with van der Waals surface area (Å²) in [5, 5.41) is 4.21. The van der Waals surface area contributed by atoms with Crippen molar-refractivity contribution in [3.05, 3.63) is 59.7 Å². The van der Waals surface area contributed by atoms with Crippen LogP contribution in [0.4, 0.5) is 24.7 Å². The van der Waals surface area contributed by atoms with E-state index in [2.05, 4.69) is 15.0 Å². The molecule has 0 fully saturated rings. The number of hydrogen-bond acceptors (Lipinski definition) is 4. The lowest BCUT2D eigenvalue weighted by Crippen LogP contribution is -2.17. The minimum Gasteiger partial charge on any atom is -0.406 e. The second-order valence-corrected chi connectivity index (χ2v) is 5.62. The maximum atomic E-state index is 12.2. The number of nitrogens with zero attached hydrogens (tertiary/aromatic N) is 1. The molecule has 25 heavy (non-hydrogen) atoms. The summed E-state index contributed by atoms with van der Waals surface area (Å²) in [4.78, 5) is 4.62. The number of halogens is 3. The van der Waals surface area contributed by atoms with Crippen LogP contribution in [0.2, 0.25) is 0 Å². The Morgan fingerprint density at radius 1 is 0.960 bits per heavy atom. The summed E-state index contributed by atoms with van der Waals surface area (Å²) >= 11 is 0. The summed E-state index contributed by atoms with van der Waals surface area (Å²) in [7, 11) is 0. The van der Waals surface area contributed by atoms with Gasteiger partial charge in [0.2, 0.25) is 0 Å². The van der Waals surface area contributed by atoms with Crippen LogP contribution in [-0.4, -0.2) is 11.3 Å². The number of anilines is 2. The molecule has 1 aliphatic rings. The summed E-state index contributed by atoms with van der Waals surface area (Å²) in [5.41, 5.74) is 3.51. The molecule has 0 aliphatic carbocycles. The van der Waals surface area contributed by atoms with E-state index in [9.17, 15) is 13.2 Å². The highest BCUT2D eigenvalue weighted by atomic mass is 19.4. The number of aromatic nitrogens is 1. The number of ether oxygens (including phenoxy) is 2. The van der Waals surface area contributed by atoms with E-state index in [4.69, 9.17) is 4.74 Å². The quantitative estimate of drug-likeness (QED) is 0.732. The zero-order chi connectivity index (χ0) is 17.4. The Hall–Kier alpha value is -2.80. The van der Waals surface area contributed by atoms with Gasteiger partial charge in [0, 0.05) is 16.6 Å². The molecule has 2 heterocycles. The molecule has 1 N–H and O–H groups in total. The summed E-state index contributed by atoms with van der Waals surface area (Å²) in [6, 6.07) is 13.3. The highest BCUT2D eigenvalue weighted by molar-refractivity contribution is 5.86. The molecule has 1 aromatic heterocycles. The number of para-hydroxylation sites is 1. The van der Waals surface area contributed by atoms with Crippen molar-refractivity contribution in [2.45, 2.75) is 19.6 Å². The van der Waals surface area contributed by atoms with Crippen molar-refractivity contribution in [1.29, 1.82) is 0 Å². The van der Waals surface area contributed by atoms with Gasteiger partial charge >= 0.3 is 6.36 Å². The van der Waals surface area contributed by atoms with Gasteiger partial charge in [-0.2, -0.15) is 0 Å². The smallest absolute Gasteiger partial charge is 0.406 e. The minimum atomic E-state index is -4.70. The van der Waals surface area contributed by atoms with Gasteiger partial charge in [-0.05, 0) is 35.9 Å². The maximum absolute atomic E-state index is 12.2. The van der Waals surface area contributed by atoms with Gasteiger partial charge in [-0.25, -0.2) is 4.98 Å². The Morgan fingerprint density at radius 3 is 2.44 bits per heavy atom. The molecule has 1 aliphatic heterocycles. The fourth-order valence-corrected chi connectivity index (χ4v) is 2.88. The highest BCUT2D eigenvalue weighted by Gasteiger charge is 2.31. The van der Waals surface area contributed by atoms with Crippen molar-refractivity contribution >= 4 is 22.4 Å². The largest absolute Gasteiger partial charge is 0.573 e. The number of rotatable bonds is 3. The van der Waals surface area contributed by atoms with Crippen LogP contribution in [-0.2, 0) is 18.0 Å². The van der Waals surface area contributed by atoms with Crippen molar-refractivity contribution < 1.29 is 22.6 Å². The van der Waals surface area contributed by atoms with E-state index in [1.54, 1.807) is 0 Å². The summed E-state index contributed by atoms with van der Waals surface area (Å²) < 4.78 is 46.1. The highest BCUT2D eigenvalue weighted by Crippen LogP contribution is 2.34. The van der Waals surface area contributed by atoms with Gasteiger partial charge in [0.15, 0.2) is 0 Å². The van der Waals surface area contributed by atoms with Crippen LogP contribution >= 0.6 is 0 Å². The molecular formula is C18H13F3N2O2. The van der Waals surface area contributed by atoms with Crippen molar-refractivity contribution in [3.63, 3.8) is 0 Å². The first-order chi connectivity index (χ1) is 12.0. The Labute approximate surface area is 141 Å². The first kappa shape index (κ1) is 15.7. The average molecular weight is 346 g/mol. The van der Waals surface area contributed by atoms with Crippen molar-refractivity contribution in [2.24, 2.45) is 0 Å². The number of nitrogens with one attached hydrogen (secondary N) is 1. The molecule has 128 valence electrons. The topological polar surface area (TPSA) is 43.4 Å². The Kier molecular flexibility index (Phi) is 3.73. The molecule has 0 radical (unpaired) electrons. The summed E-state index contributed by atoms with van der Waals surface area (Å²) in [5.74, 6) is 0.383. The number of hydrogen-bond donors (Lipinski definition) is 1. The molecule has 0 bridgehead atoms. The lowest BCUT2D eigenvalue weighted by molar-refractivity contribution is -0.274. The van der Waals surface area contributed by atoms with Crippen LogP contribution in [0.1, 0.15) is 11.1 Å². The Balaban J connectivity index is 1.65. The van der Waals surface area contributed by atoms with E-state index in [0.29, 0.717) is 24.7 Å².